The van der Waals surface area contributed by atoms with E-state index in [2.05, 4.69) is 29.8 Å². The van der Waals surface area contributed by atoms with Crippen molar-refractivity contribution in [2.24, 2.45) is 27.9 Å². The van der Waals surface area contributed by atoms with Crippen molar-refractivity contribution in [3.63, 3.8) is 0 Å². The monoisotopic (exact) mass is 629 g/mol. The molecule has 45 heavy (non-hydrogen) atoms. The summed E-state index contributed by atoms with van der Waals surface area (Å²) in [7, 11) is 0. The van der Waals surface area contributed by atoms with Crippen LogP contribution in [-0.2, 0) is 24.0 Å². The molecule has 0 aromatic carbocycles. The Morgan fingerprint density at radius 3 is 2.13 bits per heavy atom. The van der Waals surface area contributed by atoms with Crippen molar-refractivity contribution in [2.75, 3.05) is 6.54 Å². The lowest BCUT2D eigenvalue weighted by Crippen LogP contribution is -2.63. The van der Waals surface area contributed by atoms with E-state index in [1.165, 1.54) is 0 Å². The van der Waals surface area contributed by atoms with Crippen molar-refractivity contribution < 1.29 is 28.8 Å². The Hall–Kier alpha value is -2.98. The number of hydrogen-bond donors (Lipinski definition) is 4. The van der Waals surface area contributed by atoms with Crippen LogP contribution in [0, 0.1) is 22.2 Å². The zero-order valence-electron chi connectivity index (χ0n) is 28.0. The smallest absolute Gasteiger partial charge is 0.316 e. The van der Waals surface area contributed by atoms with Gasteiger partial charge in [0, 0.05) is 13.0 Å². The zero-order valence-corrected chi connectivity index (χ0v) is 28.0. The summed E-state index contributed by atoms with van der Waals surface area (Å²) in [5.41, 5.74) is 4.67. The van der Waals surface area contributed by atoms with Gasteiger partial charge in [0.05, 0.1) is 12.1 Å². The van der Waals surface area contributed by atoms with Gasteiger partial charge in [0.25, 0.3) is 5.91 Å². The number of Topliss-reactive ketones (excluding diaryl/α,β-unsaturated/α-hetero) is 2. The minimum absolute atomic E-state index is 0.00841. The number of nitrogens with one attached hydrogen (secondary N) is 3. The summed E-state index contributed by atoms with van der Waals surface area (Å²) in [6, 6.07) is -4.07. The molecule has 0 aromatic heterocycles. The van der Waals surface area contributed by atoms with E-state index >= 15 is 0 Å². The predicted octanol–water partition coefficient (Wildman–Crippen LogP) is 3.52. The molecular formula is C34H55N5O6. The predicted molar refractivity (Wildman–Crippen MR) is 170 cm³/mol. The number of rotatable bonds is 9. The van der Waals surface area contributed by atoms with E-state index < -0.39 is 53.2 Å². The van der Waals surface area contributed by atoms with Crippen LogP contribution in [0.2, 0.25) is 0 Å². The number of ketones is 2. The third kappa shape index (κ3) is 7.88. The maximum atomic E-state index is 14.6. The molecule has 1 saturated heterocycles. The van der Waals surface area contributed by atoms with Crippen molar-refractivity contribution in [3.8, 4) is 0 Å². The molecule has 3 saturated carbocycles. The van der Waals surface area contributed by atoms with Gasteiger partial charge in [-0.15, -0.1) is 0 Å². The molecule has 0 aromatic rings. The van der Waals surface area contributed by atoms with Crippen molar-refractivity contribution in [3.05, 3.63) is 0 Å². The van der Waals surface area contributed by atoms with Crippen LogP contribution in [0.1, 0.15) is 125 Å². The van der Waals surface area contributed by atoms with Gasteiger partial charge >= 0.3 is 6.03 Å². The number of nitrogens with two attached hydrogens (primary N) is 1. The van der Waals surface area contributed by atoms with Crippen LogP contribution in [0.25, 0.3) is 0 Å². The Labute approximate surface area is 267 Å². The fourth-order valence-corrected chi connectivity index (χ4v) is 7.83. The first-order valence-corrected chi connectivity index (χ1v) is 17.1. The van der Waals surface area contributed by atoms with Gasteiger partial charge in [-0.05, 0) is 73.5 Å². The zero-order chi connectivity index (χ0) is 33.2. The molecule has 1 spiro atoms. The van der Waals surface area contributed by atoms with Gasteiger partial charge in [-0.2, -0.15) is 0 Å². The molecular weight excluding hydrogens is 574 g/mol. The Bertz CT molecular complexity index is 1170. The SMILES string of the molecule is CC(C)(C)[C@H](NC(=O)NC1CCCCC1=O)C(=O)N1CCC2(CCC2)C(C)(C)CC[C@H]1C(=O)NC(CC1CCC1)C(=O)C(N)=O. The second-order valence-corrected chi connectivity index (χ2v) is 15.9. The molecule has 1 heterocycles. The van der Waals surface area contributed by atoms with Crippen LogP contribution in [-0.4, -0.2) is 70.9 Å². The van der Waals surface area contributed by atoms with Crippen LogP contribution in [0.3, 0.4) is 0 Å². The van der Waals surface area contributed by atoms with E-state index in [-0.39, 0.29) is 28.4 Å². The van der Waals surface area contributed by atoms with Gasteiger partial charge in [0.2, 0.25) is 17.6 Å². The molecule has 0 radical (unpaired) electrons. The largest absolute Gasteiger partial charge is 0.363 e. The molecule has 252 valence electrons. The van der Waals surface area contributed by atoms with Gasteiger partial charge in [-0.25, -0.2) is 4.79 Å². The number of carbonyl (C=O) groups is 6. The highest BCUT2D eigenvalue weighted by Gasteiger charge is 2.52. The second-order valence-electron chi connectivity index (χ2n) is 15.9. The minimum Gasteiger partial charge on any atom is -0.363 e. The van der Waals surface area contributed by atoms with Crippen molar-refractivity contribution in [1.82, 2.24) is 20.9 Å². The summed E-state index contributed by atoms with van der Waals surface area (Å²) in [6.07, 6.45) is 11.0. The quantitative estimate of drug-likeness (QED) is 0.285. The molecule has 1 aliphatic heterocycles. The van der Waals surface area contributed by atoms with E-state index in [0.717, 1.165) is 57.8 Å². The summed E-state index contributed by atoms with van der Waals surface area (Å²) >= 11 is 0. The van der Waals surface area contributed by atoms with Crippen LogP contribution in [0.5, 0.6) is 0 Å². The van der Waals surface area contributed by atoms with Crippen molar-refractivity contribution in [2.45, 2.75) is 149 Å². The lowest BCUT2D eigenvalue weighted by molar-refractivity contribution is -0.149. The van der Waals surface area contributed by atoms with Gasteiger partial charge in [-0.3, -0.25) is 24.0 Å². The lowest BCUT2D eigenvalue weighted by Gasteiger charge is -2.56. The standard InChI is InChI=1S/C34H55N5O6/c1-32(2,3)27(38-31(45)37-22-12-6-7-13-25(22)40)30(44)39-19-18-34(15-9-16-34)33(4,5)17-14-24(39)29(43)36-23(26(41)28(35)42)20-21-10-8-11-21/h21-24,27H,6-20H2,1-5H3,(H2,35,42)(H,36,43)(H2,37,38,45)/t22?,23?,24-,27+/m0/s1. The third-order valence-electron chi connectivity index (χ3n) is 11.5. The molecule has 11 heteroatoms. The van der Waals surface area contributed by atoms with Gasteiger partial charge in [-0.1, -0.05) is 66.7 Å². The average molecular weight is 630 g/mol. The molecule has 4 rings (SSSR count). The van der Waals surface area contributed by atoms with E-state index in [0.29, 0.717) is 38.6 Å². The molecule has 5 N–H and O–H groups in total. The first kappa shape index (κ1) is 34.9. The number of hydrogen-bond acceptors (Lipinski definition) is 6. The number of primary amides is 1. The molecule has 5 amide bonds. The topological polar surface area (TPSA) is 168 Å². The van der Waals surface area contributed by atoms with Gasteiger partial charge in [0.1, 0.15) is 12.1 Å². The van der Waals surface area contributed by atoms with E-state index in [9.17, 15) is 28.8 Å². The fraction of sp³-hybridized carbons (Fsp3) is 0.824. The van der Waals surface area contributed by atoms with Crippen LogP contribution < -0.4 is 21.7 Å². The second kappa shape index (κ2) is 13.8. The Balaban J connectivity index is 1.60. The number of urea groups is 1. The fourth-order valence-electron chi connectivity index (χ4n) is 7.83. The Morgan fingerprint density at radius 2 is 1.60 bits per heavy atom. The summed E-state index contributed by atoms with van der Waals surface area (Å²) in [6.45, 7) is 10.4. The third-order valence-corrected chi connectivity index (χ3v) is 11.5. The number of carbonyl (C=O) groups excluding carboxylic acids is 6. The molecule has 4 aliphatic rings. The number of likely N-dealkylation sites (tertiary alicyclic amines) is 1. The first-order valence-electron chi connectivity index (χ1n) is 17.1. The summed E-state index contributed by atoms with van der Waals surface area (Å²) in [4.78, 5) is 80.6. The van der Waals surface area contributed by atoms with Gasteiger partial charge < -0.3 is 26.6 Å². The first-order chi connectivity index (χ1) is 21.0. The van der Waals surface area contributed by atoms with Gasteiger partial charge in [0.15, 0.2) is 5.78 Å². The molecule has 0 bridgehead atoms. The van der Waals surface area contributed by atoms with Crippen LogP contribution >= 0.6 is 0 Å². The summed E-state index contributed by atoms with van der Waals surface area (Å²) in [5, 5.41) is 8.47. The van der Waals surface area contributed by atoms with E-state index in [1.54, 1.807) is 4.90 Å². The van der Waals surface area contributed by atoms with Crippen molar-refractivity contribution in [1.29, 1.82) is 0 Å². The maximum Gasteiger partial charge on any atom is 0.316 e. The normalized spacial score (nSPS) is 26.2. The highest BCUT2D eigenvalue weighted by molar-refractivity contribution is 6.37. The van der Waals surface area contributed by atoms with Crippen LogP contribution in [0.15, 0.2) is 0 Å². The Kier molecular flexibility index (Phi) is 10.7. The molecule has 4 atom stereocenters. The highest BCUT2D eigenvalue weighted by atomic mass is 16.2. The average Bonchev–Trinajstić information content (AvgIpc) is 2.89. The summed E-state index contributed by atoms with van der Waals surface area (Å²) in [5.74, 6) is -2.54. The van der Waals surface area contributed by atoms with E-state index in [4.69, 9.17) is 5.73 Å². The van der Waals surface area contributed by atoms with Crippen LogP contribution in [0.4, 0.5) is 4.79 Å². The maximum absolute atomic E-state index is 14.6. The molecule has 11 nitrogen and oxygen atoms in total. The van der Waals surface area contributed by atoms with E-state index in [1.807, 2.05) is 20.8 Å². The highest BCUT2D eigenvalue weighted by Crippen LogP contribution is 2.59. The van der Waals surface area contributed by atoms with Crippen molar-refractivity contribution >= 4 is 35.3 Å². The number of amides is 5. The Morgan fingerprint density at radius 1 is 0.911 bits per heavy atom. The molecule has 2 unspecified atom stereocenters. The summed E-state index contributed by atoms with van der Waals surface area (Å²) < 4.78 is 0. The molecule has 4 fully saturated rings. The minimum atomic E-state index is -1.09. The lowest BCUT2D eigenvalue weighted by atomic mass is 9.51. The molecule has 3 aliphatic carbocycles. The number of nitrogens with zero attached hydrogens (tertiary/aromatic N) is 1.